The van der Waals surface area contributed by atoms with Crippen LogP contribution in [0.15, 0.2) is 66.6 Å². The van der Waals surface area contributed by atoms with Crippen molar-refractivity contribution in [2.45, 2.75) is 19.4 Å². The van der Waals surface area contributed by atoms with Crippen LogP contribution in [-0.4, -0.2) is 36.7 Å². The van der Waals surface area contributed by atoms with Crippen molar-refractivity contribution < 1.29 is 9.84 Å². The standard InChI is InChI=1S/C23H21N5O2S/c1-23(2,29)13-30-17-6-4-16(5-7-17)26-21-22-24-9-10-28(22)12-19(27-21)15-3-8-20-18(11-15)25-14-31-20/h3-12,14,29H,13H2,1-2H3,(H,26,27). The van der Waals surface area contributed by atoms with Crippen molar-refractivity contribution in [3.8, 4) is 17.0 Å². The molecular formula is C23H21N5O2S. The summed E-state index contributed by atoms with van der Waals surface area (Å²) in [6.45, 7) is 3.65. The average molecular weight is 432 g/mol. The minimum absolute atomic E-state index is 0.224. The molecule has 2 N–H and O–H groups in total. The van der Waals surface area contributed by atoms with E-state index in [2.05, 4.69) is 33.5 Å². The highest BCUT2D eigenvalue weighted by molar-refractivity contribution is 7.16. The van der Waals surface area contributed by atoms with Crippen LogP contribution < -0.4 is 10.1 Å². The van der Waals surface area contributed by atoms with Gasteiger partial charge in [0.2, 0.25) is 0 Å². The largest absolute Gasteiger partial charge is 0.491 e. The van der Waals surface area contributed by atoms with Crippen LogP contribution in [0, 0.1) is 0 Å². The summed E-state index contributed by atoms with van der Waals surface area (Å²) in [5, 5.41) is 13.2. The smallest absolute Gasteiger partial charge is 0.180 e. The maximum atomic E-state index is 9.82. The van der Waals surface area contributed by atoms with Gasteiger partial charge < -0.3 is 19.6 Å². The summed E-state index contributed by atoms with van der Waals surface area (Å²) in [4.78, 5) is 13.7. The van der Waals surface area contributed by atoms with Gasteiger partial charge in [0.1, 0.15) is 12.4 Å². The molecule has 0 fully saturated rings. The molecule has 0 spiro atoms. The van der Waals surface area contributed by atoms with Gasteiger partial charge in [0.15, 0.2) is 11.5 Å². The van der Waals surface area contributed by atoms with Crippen molar-refractivity contribution >= 4 is 38.7 Å². The number of imidazole rings is 1. The fraction of sp³-hybridized carbons (Fsp3) is 0.174. The second kappa shape index (κ2) is 7.64. The molecule has 3 aromatic heterocycles. The lowest BCUT2D eigenvalue weighted by Gasteiger charge is -2.18. The number of rotatable bonds is 6. The SMILES string of the molecule is CC(C)(O)COc1ccc(Nc2nc(-c3ccc4scnc4c3)cn3ccnc23)cc1. The molecule has 8 heteroatoms. The van der Waals surface area contributed by atoms with E-state index in [1.807, 2.05) is 46.6 Å². The molecular weight excluding hydrogens is 410 g/mol. The molecule has 0 aliphatic rings. The highest BCUT2D eigenvalue weighted by Gasteiger charge is 2.14. The summed E-state index contributed by atoms with van der Waals surface area (Å²) in [5.74, 6) is 1.35. The van der Waals surface area contributed by atoms with E-state index in [1.54, 1.807) is 31.4 Å². The van der Waals surface area contributed by atoms with Crippen LogP contribution in [0.25, 0.3) is 27.1 Å². The molecule has 2 aromatic carbocycles. The van der Waals surface area contributed by atoms with Gasteiger partial charge in [0.05, 0.1) is 27.0 Å². The van der Waals surface area contributed by atoms with Crippen molar-refractivity contribution in [3.05, 3.63) is 66.6 Å². The third kappa shape index (κ3) is 4.21. The first-order valence-corrected chi connectivity index (χ1v) is 10.7. The van der Waals surface area contributed by atoms with Crippen LogP contribution >= 0.6 is 11.3 Å². The number of hydrogen-bond acceptors (Lipinski definition) is 7. The van der Waals surface area contributed by atoms with Crippen molar-refractivity contribution in [2.75, 3.05) is 11.9 Å². The van der Waals surface area contributed by atoms with Gasteiger partial charge in [0, 0.05) is 29.8 Å². The molecule has 31 heavy (non-hydrogen) atoms. The minimum Gasteiger partial charge on any atom is -0.491 e. The van der Waals surface area contributed by atoms with E-state index in [0.29, 0.717) is 11.6 Å². The predicted octanol–water partition coefficient (Wildman–Crippen LogP) is 4.90. The molecule has 0 amide bonds. The fourth-order valence-electron chi connectivity index (χ4n) is 3.20. The van der Waals surface area contributed by atoms with Crippen molar-refractivity contribution in [1.82, 2.24) is 19.4 Å². The molecule has 0 unspecified atom stereocenters. The first-order chi connectivity index (χ1) is 14.9. The summed E-state index contributed by atoms with van der Waals surface area (Å²) in [6.07, 6.45) is 5.62. The van der Waals surface area contributed by atoms with Crippen molar-refractivity contribution in [3.63, 3.8) is 0 Å². The van der Waals surface area contributed by atoms with Gasteiger partial charge in [-0.2, -0.15) is 0 Å². The fourth-order valence-corrected chi connectivity index (χ4v) is 3.86. The van der Waals surface area contributed by atoms with Gasteiger partial charge in [-0.15, -0.1) is 11.3 Å². The van der Waals surface area contributed by atoms with Crippen LogP contribution in [-0.2, 0) is 0 Å². The number of fused-ring (bicyclic) bond motifs is 2. The molecule has 5 aromatic rings. The Morgan fingerprint density at radius 3 is 2.77 bits per heavy atom. The highest BCUT2D eigenvalue weighted by Crippen LogP contribution is 2.28. The number of ether oxygens (including phenoxy) is 1. The lowest BCUT2D eigenvalue weighted by Crippen LogP contribution is -2.27. The first kappa shape index (κ1) is 19.5. The Hall–Kier alpha value is -3.49. The first-order valence-electron chi connectivity index (χ1n) is 9.84. The number of nitrogens with one attached hydrogen (secondary N) is 1. The predicted molar refractivity (Wildman–Crippen MR) is 123 cm³/mol. The maximum Gasteiger partial charge on any atom is 0.180 e. The zero-order valence-corrected chi connectivity index (χ0v) is 17.9. The van der Waals surface area contributed by atoms with Gasteiger partial charge in [0.25, 0.3) is 0 Å². The Morgan fingerprint density at radius 2 is 1.97 bits per heavy atom. The molecule has 0 aliphatic heterocycles. The van der Waals surface area contributed by atoms with E-state index in [1.165, 1.54) is 0 Å². The second-order valence-electron chi connectivity index (χ2n) is 7.92. The monoisotopic (exact) mass is 431 g/mol. The van der Waals surface area contributed by atoms with E-state index in [9.17, 15) is 5.11 Å². The quantitative estimate of drug-likeness (QED) is 0.398. The lowest BCUT2D eigenvalue weighted by atomic mass is 10.1. The van der Waals surface area contributed by atoms with E-state index in [0.717, 1.165) is 32.8 Å². The summed E-state index contributed by atoms with van der Waals surface area (Å²) >= 11 is 1.62. The Kier molecular flexibility index (Phi) is 4.80. The lowest BCUT2D eigenvalue weighted by molar-refractivity contribution is 0.0285. The molecule has 3 heterocycles. The van der Waals surface area contributed by atoms with Gasteiger partial charge in [-0.3, -0.25) is 0 Å². The molecule has 0 saturated carbocycles. The molecule has 0 radical (unpaired) electrons. The highest BCUT2D eigenvalue weighted by atomic mass is 32.1. The Balaban J connectivity index is 1.45. The topological polar surface area (TPSA) is 84.6 Å². The summed E-state index contributed by atoms with van der Waals surface area (Å²) in [6, 6.07) is 13.7. The van der Waals surface area contributed by atoms with Gasteiger partial charge >= 0.3 is 0 Å². The summed E-state index contributed by atoms with van der Waals surface area (Å²) in [7, 11) is 0. The number of aliphatic hydroxyl groups is 1. The molecule has 0 bridgehead atoms. The Bertz CT molecular complexity index is 1350. The van der Waals surface area contributed by atoms with Crippen molar-refractivity contribution in [1.29, 1.82) is 0 Å². The van der Waals surface area contributed by atoms with E-state index >= 15 is 0 Å². The number of aromatic nitrogens is 4. The molecule has 0 atom stereocenters. The number of thiazole rings is 1. The average Bonchev–Trinajstić information content (AvgIpc) is 3.41. The van der Waals surface area contributed by atoms with Gasteiger partial charge in [-0.25, -0.2) is 15.0 Å². The number of benzene rings is 2. The van der Waals surface area contributed by atoms with Crippen LogP contribution in [0.1, 0.15) is 13.8 Å². The van der Waals surface area contributed by atoms with Crippen LogP contribution in [0.2, 0.25) is 0 Å². The zero-order chi connectivity index (χ0) is 21.4. The molecule has 0 aliphatic carbocycles. The van der Waals surface area contributed by atoms with E-state index in [4.69, 9.17) is 9.72 Å². The molecule has 5 rings (SSSR count). The Labute approximate surface area is 183 Å². The number of nitrogens with zero attached hydrogens (tertiary/aromatic N) is 4. The third-order valence-corrected chi connectivity index (χ3v) is 5.52. The minimum atomic E-state index is -0.880. The number of hydrogen-bond donors (Lipinski definition) is 2. The summed E-state index contributed by atoms with van der Waals surface area (Å²) in [5.41, 5.74) is 5.35. The van der Waals surface area contributed by atoms with Crippen LogP contribution in [0.5, 0.6) is 5.75 Å². The third-order valence-electron chi connectivity index (χ3n) is 4.71. The van der Waals surface area contributed by atoms with E-state index < -0.39 is 5.60 Å². The molecule has 0 saturated heterocycles. The van der Waals surface area contributed by atoms with Crippen LogP contribution in [0.3, 0.4) is 0 Å². The molecule has 7 nitrogen and oxygen atoms in total. The summed E-state index contributed by atoms with van der Waals surface area (Å²) < 4.78 is 8.73. The second-order valence-corrected chi connectivity index (χ2v) is 8.80. The normalized spacial score (nSPS) is 11.8. The zero-order valence-electron chi connectivity index (χ0n) is 17.1. The van der Waals surface area contributed by atoms with Crippen LogP contribution in [0.4, 0.5) is 11.5 Å². The Morgan fingerprint density at radius 1 is 1.13 bits per heavy atom. The number of anilines is 2. The van der Waals surface area contributed by atoms with Crippen molar-refractivity contribution in [2.24, 2.45) is 0 Å². The maximum absolute atomic E-state index is 9.82. The van der Waals surface area contributed by atoms with E-state index in [-0.39, 0.29) is 6.61 Å². The van der Waals surface area contributed by atoms with Gasteiger partial charge in [-0.1, -0.05) is 6.07 Å². The molecule has 156 valence electrons. The van der Waals surface area contributed by atoms with Gasteiger partial charge in [-0.05, 0) is 50.2 Å².